The number of carbonyl (C=O) groups excluding carboxylic acids is 1. The van der Waals surface area contributed by atoms with E-state index in [1.807, 2.05) is 12.1 Å². The highest BCUT2D eigenvalue weighted by Gasteiger charge is 2.33. The summed E-state index contributed by atoms with van der Waals surface area (Å²) in [4.78, 5) is 31.8. The molecular weight excluding hydrogens is 547 g/mol. The summed E-state index contributed by atoms with van der Waals surface area (Å²) < 4.78 is 18.5. The molecule has 1 atom stereocenters. The maximum Gasteiger partial charge on any atom is 0.338 e. The van der Waals surface area contributed by atoms with Gasteiger partial charge in [-0.2, -0.15) is 0 Å². The number of methoxy groups -OCH3 is 1. The maximum atomic E-state index is 13.7. The summed E-state index contributed by atoms with van der Waals surface area (Å²) in [5.41, 5.74) is 2.01. The molecule has 1 aliphatic heterocycles. The summed E-state index contributed by atoms with van der Waals surface area (Å²) in [6.07, 6.45) is 1.67. The Morgan fingerprint density at radius 1 is 1.13 bits per heavy atom. The van der Waals surface area contributed by atoms with Gasteiger partial charge in [0.15, 0.2) is 4.80 Å². The van der Waals surface area contributed by atoms with Crippen LogP contribution in [0.5, 0.6) is 5.75 Å². The first-order valence-corrected chi connectivity index (χ1v) is 13.3. The molecule has 0 amide bonds. The Kier molecular flexibility index (Phi) is 7.29. The molecule has 4 aromatic rings. The maximum absolute atomic E-state index is 13.7. The first-order valence-electron chi connectivity index (χ1n) is 11.7. The lowest BCUT2D eigenvalue weighted by molar-refractivity contribution is -0.139. The van der Waals surface area contributed by atoms with Crippen molar-refractivity contribution in [1.82, 2.24) is 4.57 Å². The van der Waals surface area contributed by atoms with Crippen LogP contribution >= 0.6 is 34.5 Å². The molecular formula is C28H22Cl2N2O5S. The van der Waals surface area contributed by atoms with Gasteiger partial charge in [0.2, 0.25) is 0 Å². The van der Waals surface area contributed by atoms with Crippen molar-refractivity contribution in [2.24, 2.45) is 4.99 Å². The van der Waals surface area contributed by atoms with Gasteiger partial charge in [-0.3, -0.25) is 9.36 Å². The van der Waals surface area contributed by atoms with Crippen LogP contribution in [-0.2, 0) is 9.53 Å². The van der Waals surface area contributed by atoms with Gasteiger partial charge in [0, 0.05) is 11.6 Å². The first-order chi connectivity index (χ1) is 18.3. The third-order valence-electron chi connectivity index (χ3n) is 6.05. The summed E-state index contributed by atoms with van der Waals surface area (Å²) in [5.74, 6) is 1.22. The number of halogens is 2. The van der Waals surface area contributed by atoms with Gasteiger partial charge >= 0.3 is 5.97 Å². The van der Waals surface area contributed by atoms with Crippen LogP contribution in [-0.4, -0.2) is 24.3 Å². The predicted octanol–water partition coefficient (Wildman–Crippen LogP) is 5.37. The Morgan fingerprint density at radius 2 is 1.89 bits per heavy atom. The zero-order valence-electron chi connectivity index (χ0n) is 20.7. The highest BCUT2D eigenvalue weighted by Crippen LogP contribution is 2.32. The molecule has 0 N–H and O–H groups in total. The summed E-state index contributed by atoms with van der Waals surface area (Å²) >= 11 is 13.4. The molecule has 0 saturated carbocycles. The van der Waals surface area contributed by atoms with Gasteiger partial charge < -0.3 is 13.9 Å². The molecule has 0 bridgehead atoms. The summed E-state index contributed by atoms with van der Waals surface area (Å²) in [6.45, 7) is 3.69. The molecule has 38 heavy (non-hydrogen) atoms. The highest BCUT2D eigenvalue weighted by atomic mass is 35.5. The van der Waals surface area contributed by atoms with Crippen molar-refractivity contribution in [1.29, 1.82) is 0 Å². The molecule has 0 fully saturated rings. The molecule has 3 heterocycles. The van der Waals surface area contributed by atoms with Gasteiger partial charge in [-0.1, -0.05) is 46.7 Å². The van der Waals surface area contributed by atoms with Gasteiger partial charge in [0.1, 0.15) is 17.3 Å². The van der Waals surface area contributed by atoms with Crippen LogP contribution in [0.2, 0.25) is 10.0 Å². The number of nitrogens with zero attached hydrogens (tertiary/aromatic N) is 2. The second-order valence-electron chi connectivity index (χ2n) is 8.41. The van der Waals surface area contributed by atoms with E-state index in [1.165, 1.54) is 15.9 Å². The third kappa shape index (κ3) is 4.82. The molecule has 2 aromatic heterocycles. The molecule has 0 aliphatic carbocycles. The number of aromatic nitrogens is 1. The molecule has 2 aromatic carbocycles. The van der Waals surface area contributed by atoms with E-state index in [1.54, 1.807) is 69.5 Å². The van der Waals surface area contributed by atoms with Crippen LogP contribution in [0.3, 0.4) is 0 Å². The summed E-state index contributed by atoms with van der Waals surface area (Å²) in [5, 5.41) is 0.869. The fourth-order valence-corrected chi connectivity index (χ4v) is 5.58. The quantitative estimate of drug-likeness (QED) is 0.292. The highest BCUT2D eigenvalue weighted by molar-refractivity contribution is 7.07. The Morgan fingerprint density at radius 3 is 2.58 bits per heavy atom. The topological polar surface area (TPSA) is 83.0 Å². The molecule has 0 saturated heterocycles. The number of allylic oxidation sites excluding steroid dienone is 1. The van der Waals surface area contributed by atoms with Crippen LogP contribution in [0.1, 0.15) is 31.2 Å². The van der Waals surface area contributed by atoms with Gasteiger partial charge in [0.25, 0.3) is 5.56 Å². The number of esters is 1. The van der Waals surface area contributed by atoms with Crippen LogP contribution in [0, 0.1) is 0 Å². The lowest BCUT2D eigenvalue weighted by atomic mass is 9.96. The zero-order chi connectivity index (χ0) is 27.0. The van der Waals surface area contributed by atoms with E-state index in [-0.39, 0.29) is 12.2 Å². The van der Waals surface area contributed by atoms with E-state index in [0.717, 1.165) is 11.1 Å². The minimum absolute atomic E-state index is 0.203. The van der Waals surface area contributed by atoms with E-state index in [4.69, 9.17) is 37.1 Å². The summed E-state index contributed by atoms with van der Waals surface area (Å²) in [6, 6.07) is 15.3. The fourth-order valence-electron chi connectivity index (χ4n) is 4.26. The molecule has 10 heteroatoms. The van der Waals surface area contributed by atoms with Crippen molar-refractivity contribution in [3.63, 3.8) is 0 Å². The van der Waals surface area contributed by atoms with Gasteiger partial charge in [-0.05, 0) is 61.9 Å². The van der Waals surface area contributed by atoms with Crippen LogP contribution in [0.25, 0.3) is 17.4 Å². The summed E-state index contributed by atoms with van der Waals surface area (Å²) in [7, 11) is 1.58. The average molecular weight is 569 g/mol. The van der Waals surface area contributed by atoms with Crippen LogP contribution in [0.4, 0.5) is 0 Å². The Labute approximate surface area is 231 Å². The lowest BCUT2D eigenvalue weighted by Gasteiger charge is -2.24. The Hall–Kier alpha value is -3.59. The smallest absolute Gasteiger partial charge is 0.338 e. The molecule has 0 spiro atoms. The number of hydrogen-bond acceptors (Lipinski definition) is 7. The zero-order valence-corrected chi connectivity index (χ0v) is 23.0. The van der Waals surface area contributed by atoms with Crippen molar-refractivity contribution < 1.29 is 18.7 Å². The number of benzene rings is 2. The van der Waals surface area contributed by atoms with Gasteiger partial charge in [-0.15, -0.1) is 0 Å². The van der Waals surface area contributed by atoms with E-state index < -0.39 is 12.0 Å². The van der Waals surface area contributed by atoms with E-state index in [2.05, 4.69) is 4.99 Å². The number of thiazole rings is 1. The third-order valence-corrected chi connectivity index (χ3v) is 7.77. The van der Waals surface area contributed by atoms with Crippen molar-refractivity contribution in [2.45, 2.75) is 19.9 Å². The number of furan rings is 1. The molecule has 194 valence electrons. The van der Waals surface area contributed by atoms with E-state index in [0.29, 0.717) is 47.9 Å². The van der Waals surface area contributed by atoms with Gasteiger partial charge in [0.05, 0.1) is 45.6 Å². The average Bonchev–Trinajstić information content (AvgIpc) is 3.49. The standard InChI is InChI=1S/C28H22Cl2N2O5S/c1-4-36-27(34)24-15(2)31-28-32(25(24)16-5-8-18(35-3)9-6-16)26(33)23(38-28)14-19-10-12-22(37-19)17-7-11-20(29)21(30)13-17/h5-14,25H,4H2,1-3H3/b23-14-. The van der Waals surface area contributed by atoms with E-state index in [9.17, 15) is 9.59 Å². The number of ether oxygens (including phenoxy) is 2. The SMILES string of the molecule is CCOC(=O)C1=C(C)N=c2s/c(=C\c3ccc(-c4ccc(Cl)c(Cl)c4)o3)c(=O)n2C1c1ccc(OC)cc1. The Bertz CT molecular complexity index is 1750. The molecule has 1 unspecified atom stereocenters. The van der Waals surface area contributed by atoms with Crippen LogP contribution in [0.15, 0.2) is 80.1 Å². The van der Waals surface area contributed by atoms with Crippen molar-refractivity contribution in [3.8, 4) is 17.1 Å². The fraction of sp³-hybridized carbons (Fsp3) is 0.179. The second-order valence-corrected chi connectivity index (χ2v) is 10.2. The first kappa shape index (κ1) is 26.0. The number of carbonyl (C=O) groups is 1. The number of hydrogen-bond donors (Lipinski definition) is 0. The van der Waals surface area contributed by atoms with Gasteiger partial charge in [-0.25, -0.2) is 9.79 Å². The minimum atomic E-state index is -0.707. The monoisotopic (exact) mass is 568 g/mol. The molecule has 1 aliphatic rings. The lowest BCUT2D eigenvalue weighted by Crippen LogP contribution is -2.39. The van der Waals surface area contributed by atoms with Crippen LogP contribution < -0.4 is 19.6 Å². The number of fused-ring (bicyclic) bond motifs is 1. The van der Waals surface area contributed by atoms with Crippen molar-refractivity contribution >= 4 is 46.6 Å². The van der Waals surface area contributed by atoms with Crippen molar-refractivity contribution in [2.75, 3.05) is 13.7 Å². The molecule has 5 rings (SSSR count). The molecule has 7 nitrogen and oxygen atoms in total. The second kappa shape index (κ2) is 10.6. The predicted molar refractivity (Wildman–Crippen MR) is 148 cm³/mol. The Balaban J connectivity index is 1.62. The minimum Gasteiger partial charge on any atom is -0.497 e. The van der Waals surface area contributed by atoms with E-state index >= 15 is 0 Å². The largest absolute Gasteiger partial charge is 0.497 e. The molecule has 0 radical (unpaired) electrons. The normalized spacial score (nSPS) is 15.3. The number of rotatable bonds is 6. The van der Waals surface area contributed by atoms with Crippen molar-refractivity contribution in [3.05, 3.63) is 107 Å².